The second kappa shape index (κ2) is 10.3. The van der Waals surface area contributed by atoms with Crippen molar-refractivity contribution in [3.8, 4) is 17.0 Å². The Morgan fingerprint density at radius 2 is 2.08 bits per heavy atom. The molecule has 4 heterocycles. The van der Waals surface area contributed by atoms with Crippen LogP contribution in [0.5, 0.6) is 5.75 Å². The molecule has 0 radical (unpaired) electrons. The maximum absolute atomic E-state index is 12.9. The van der Waals surface area contributed by atoms with E-state index in [2.05, 4.69) is 25.6 Å². The summed E-state index contributed by atoms with van der Waals surface area (Å²) < 4.78 is 5.91. The van der Waals surface area contributed by atoms with Gasteiger partial charge in [0.05, 0.1) is 17.9 Å². The van der Waals surface area contributed by atoms with Gasteiger partial charge >= 0.3 is 0 Å². The molecule has 0 bridgehead atoms. The number of hydrogen-bond donors (Lipinski definition) is 3. The van der Waals surface area contributed by atoms with Crippen LogP contribution in [0.2, 0.25) is 0 Å². The molecule has 2 amide bonds. The van der Waals surface area contributed by atoms with Crippen molar-refractivity contribution in [1.29, 1.82) is 0 Å². The topological polar surface area (TPSA) is 135 Å². The Labute approximate surface area is 222 Å². The highest BCUT2D eigenvalue weighted by Crippen LogP contribution is 2.39. The fourth-order valence-corrected chi connectivity index (χ4v) is 4.96. The van der Waals surface area contributed by atoms with E-state index in [9.17, 15) is 9.59 Å². The van der Waals surface area contributed by atoms with E-state index in [0.29, 0.717) is 43.9 Å². The Morgan fingerprint density at radius 1 is 1.24 bits per heavy atom. The molecule has 0 spiro atoms. The lowest BCUT2D eigenvalue weighted by Crippen LogP contribution is -2.42. The van der Waals surface area contributed by atoms with Crippen molar-refractivity contribution in [3.63, 3.8) is 0 Å². The molecule has 1 atom stereocenters. The molecule has 1 unspecified atom stereocenters. The molecular formula is C28H33N7O3. The SMILES string of the molecule is CC(C)(C)N1CC(CNC(=O)c2cccc(CNc3ncc(-c4ccnc(N)n4)c4c3CCO4)c2)CC1=O. The summed E-state index contributed by atoms with van der Waals surface area (Å²) in [5.41, 5.74) is 9.53. The van der Waals surface area contributed by atoms with Gasteiger partial charge in [-0.1, -0.05) is 12.1 Å². The molecule has 10 heteroatoms. The summed E-state index contributed by atoms with van der Waals surface area (Å²) in [6.45, 7) is 8.30. The van der Waals surface area contributed by atoms with Crippen molar-refractivity contribution in [2.24, 2.45) is 5.92 Å². The van der Waals surface area contributed by atoms with Gasteiger partial charge in [0.15, 0.2) is 0 Å². The number of carbonyl (C=O) groups excluding carboxylic acids is 2. The Morgan fingerprint density at radius 3 is 2.84 bits per heavy atom. The van der Waals surface area contributed by atoms with Crippen LogP contribution >= 0.6 is 0 Å². The number of nitrogens with zero attached hydrogens (tertiary/aromatic N) is 4. The summed E-state index contributed by atoms with van der Waals surface area (Å²) in [5.74, 6) is 1.81. The number of pyridine rings is 1. The lowest BCUT2D eigenvalue weighted by atomic mass is 10.1. The number of aromatic nitrogens is 3. The zero-order chi connectivity index (χ0) is 26.9. The van der Waals surface area contributed by atoms with Gasteiger partial charge in [-0.25, -0.2) is 15.0 Å². The first kappa shape index (κ1) is 25.4. The molecule has 198 valence electrons. The van der Waals surface area contributed by atoms with Crippen LogP contribution in [-0.2, 0) is 17.8 Å². The van der Waals surface area contributed by atoms with Gasteiger partial charge in [-0.3, -0.25) is 9.59 Å². The van der Waals surface area contributed by atoms with Crippen molar-refractivity contribution in [3.05, 3.63) is 59.4 Å². The summed E-state index contributed by atoms with van der Waals surface area (Å²) in [6.07, 6.45) is 4.54. The third-order valence-electron chi connectivity index (χ3n) is 6.89. The van der Waals surface area contributed by atoms with Crippen molar-refractivity contribution in [1.82, 2.24) is 25.2 Å². The fraction of sp³-hybridized carbons (Fsp3) is 0.393. The molecule has 3 aromatic rings. The van der Waals surface area contributed by atoms with E-state index in [1.165, 1.54) is 0 Å². The maximum atomic E-state index is 12.9. The molecule has 4 N–H and O–H groups in total. The van der Waals surface area contributed by atoms with Gasteiger partial charge in [-0.15, -0.1) is 0 Å². The number of benzene rings is 1. The maximum Gasteiger partial charge on any atom is 0.251 e. The largest absolute Gasteiger partial charge is 0.492 e. The number of hydrogen-bond acceptors (Lipinski definition) is 8. The first-order chi connectivity index (χ1) is 18.2. The number of nitrogens with two attached hydrogens (primary N) is 1. The van der Waals surface area contributed by atoms with Gasteiger partial charge in [0, 0.05) is 67.5 Å². The highest BCUT2D eigenvalue weighted by Gasteiger charge is 2.36. The minimum absolute atomic E-state index is 0.118. The van der Waals surface area contributed by atoms with Gasteiger partial charge in [-0.2, -0.15) is 0 Å². The van der Waals surface area contributed by atoms with E-state index in [1.807, 2.05) is 43.9 Å². The second-order valence-corrected chi connectivity index (χ2v) is 10.7. The minimum Gasteiger partial charge on any atom is -0.492 e. The highest BCUT2D eigenvalue weighted by atomic mass is 16.5. The summed E-state index contributed by atoms with van der Waals surface area (Å²) in [7, 11) is 0. The molecule has 2 aliphatic rings. The Kier molecular flexibility index (Phi) is 6.88. The number of fused-ring (bicyclic) bond motifs is 1. The summed E-state index contributed by atoms with van der Waals surface area (Å²) >= 11 is 0. The molecule has 1 saturated heterocycles. The normalized spacial score (nSPS) is 16.8. The van der Waals surface area contributed by atoms with Crippen molar-refractivity contribution < 1.29 is 14.3 Å². The van der Waals surface area contributed by atoms with Crippen molar-refractivity contribution in [2.45, 2.75) is 45.7 Å². The minimum atomic E-state index is -0.206. The van der Waals surface area contributed by atoms with Gasteiger partial charge < -0.3 is 26.0 Å². The molecule has 5 rings (SSSR count). The number of rotatable bonds is 7. The smallest absolute Gasteiger partial charge is 0.251 e. The lowest BCUT2D eigenvalue weighted by Gasteiger charge is -2.32. The number of likely N-dealkylation sites (tertiary alicyclic amines) is 1. The monoisotopic (exact) mass is 515 g/mol. The Balaban J connectivity index is 1.22. The molecule has 38 heavy (non-hydrogen) atoms. The van der Waals surface area contributed by atoms with Crippen LogP contribution in [0.3, 0.4) is 0 Å². The third-order valence-corrected chi connectivity index (χ3v) is 6.89. The molecule has 0 saturated carbocycles. The van der Waals surface area contributed by atoms with Crippen LogP contribution in [0, 0.1) is 5.92 Å². The molecule has 2 aliphatic heterocycles. The van der Waals surface area contributed by atoms with Crippen LogP contribution in [0.4, 0.5) is 11.8 Å². The average molecular weight is 516 g/mol. The molecule has 2 aromatic heterocycles. The standard InChI is InChI=1S/C28H33N7O3/c1-28(2,3)35-16-18(12-23(35)36)14-33-26(37)19-6-4-5-17(11-19)13-31-25-20-8-10-38-24(20)21(15-32-25)22-7-9-30-27(29)34-22/h4-7,9,11,15,18H,8,10,12-14,16H2,1-3H3,(H,31,32)(H,33,37)(H2,29,30,34). The van der Waals surface area contributed by atoms with E-state index in [1.54, 1.807) is 24.5 Å². The first-order valence-corrected chi connectivity index (χ1v) is 12.8. The zero-order valence-corrected chi connectivity index (χ0v) is 22.0. The zero-order valence-electron chi connectivity index (χ0n) is 22.0. The van der Waals surface area contributed by atoms with Crippen LogP contribution < -0.4 is 21.1 Å². The fourth-order valence-electron chi connectivity index (χ4n) is 4.96. The van der Waals surface area contributed by atoms with Crippen LogP contribution in [-0.4, -0.2) is 56.9 Å². The summed E-state index contributed by atoms with van der Waals surface area (Å²) in [6, 6.07) is 9.29. The highest BCUT2D eigenvalue weighted by molar-refractivity contribution is 5.94. The van der Waals surface area contributed by atoms with Gasteiger partial charge in [-0.05, 0) is 44.5 Å². The van der Waals surface area contributed by atoms with Gasteiger partial charge in [0.2, 0.25) is 11.9 Å². The molecule has 1 aromatic carbocycles. The lowest BCUT2D eigenvalue weighted by molar-refractivity contribution is -0.131. The molecule has 1 fully saturated rings. The van der Waals surface area contributed by atoms with E-state index in [-0.39, 0.29) is 29.2 Å². The van der Waals surface area contributed by atoms with E-state index in [4.69, 9.17) is 10.5 Å². The number of amides is 2. The quantitative estimate of drug-likeness (QED) is 0.437. The number of nitrogen functional groups attached to an aromatic ring is 1. The predicted octanol–water partition coefficient (Wildman–Crippen LogP) is 3.04. The molecular weight excluding hydrogens is 482 g/mol. The second-order valence-electron chi connectivity index (χ2n) is 10.7. The third kappa shape index (κ3) is 5.39. The first-order valence-electron chi connectivity index (χ1n) is 12.8. The van der Waals surface area contributed by atoms with E-state index < -0.39 is 0 Å². The summed E-state index contributed by atoms with van der Waals surface area (Å²) in [4.78, 5) is 40.0. The molecule has 0 aliphatic carbocycles. The number of ether oxygens (including phenoxy) is 1. The van der Waals surface area contributed by atoms with E-state index in [0.717, 1.165) is 34.7 Å². The number of anilines is 2. The predicted molar refractivity (Wildman–Crippen MR) is 145 cm³/mol. The van der Waals surface area contributed by atoms with Gasteiger partial charge in [0.25, 0.3) is 5.91 Å². The van der Waals surface area contributed by atoms with Crippen molar-refractivity contribution in [2.75, 3.05) is 30.7 Å². The van der Waals surface area contributed by atoms with Crippen LogP contribution in [0.15, 0.2) is 42.7 Å². The van der Waals surface area contributed by atoms with Crippen molar-refractivity contribution >= 4 is 23.6 Å². The van der Waals surface area contributed by atoms with Crippen LogP contribution in [0.25, 0.3) is 11.3 Å². The Hall–Kier alpha value is -4.21. The number of nitrogens with one attached hydrogen (secondary N) is 2. The summed E-state index contributed by atoms with van der Waals surface area (Å²) in [5, 5.41) is 6.40. The molecule has 10 nitrogen and oxygen atoms in total. The van der Waals surface area contributed by atoms with Crippen LogP contribution in [0.1, 0.15) is 48.7 Å². The number of carbonyl (C=O) groups is 2. The average Bonchev–Trinajstić information content (AvgIpc) is 3.53. The Bertz CT molecular complexity index is 1370. The van der Waals surface area contributed by atoms with Gasteiger partial charge in [0.1, 0.15) is 11.6 Å². The van der Waals surface area contributed by atoms with E-state index >= 15 is 0 Å².